The second-order valence-corrected chi connectivity index (χ2v) is 30.8. The van der Waals surface area contributed by atoms with Crippen molar-refractivity contribution < 1.29 is 152 Å². The molecule has 21 N–H and O–H groups in total. The number of likely N-dealkylation sites (tertiary alicyclic amines) is 1. The van der Waals surface area contributed by atoms with Crippen LogP contribution in [0.5, 0.6) is 0 Å². The number of aliphatic hydroxyl groups is 11. The van der Waals surface area contributed by atoms with Gasteiger partial charge in [0.15, 0.2) is 18.9 Å². The molecule has 42 nitrogen and oxygen atoms in total. The topological polar surface area (TPSA) is 617 Å². The van der Waals surface area contributed by atoms with Gasteiger partial charge in [-0.25, -0.2) is 0 Å². The maximum Gasteiger partial charge on any atom is 0.222 e. The number of nitrogens with zero attached hydrogens (tertiary/aromatic N) is 1. The number of hydrogen-bond acceptors (Lipinski definition) is 31. The number of carbonyl (C=O) groups is 11. The van der Waals surface area contributed by atoms with Crippen molar-refractivity contribution in [3.8, 4) is 0 Å². The fraction of sp³-hybridized carbons (Fsp3) is 0.859. The monoisotopic (exact) mass is 1730 g/mol. The molecule has 4 aliphatic rings. The highest BCUT2D eigenvalue weighted by molar-refractivity contribution is 5.79. The first kappa shape index (κ1) is 106. The van der Waals surface area contributed by atoms with E-state index in [2.05, 4.69) is 53.2 Å². The number of rotatable bonds is 64. The van der Waals surface area contributed by atoms with Crippen LogP contribution in [-0.2, 0) is 95.4 Å². The standard InChI is InChI=1S/C78H139N11O31/c1-50(94)85-66-72(109)69(106)55(44-91)118-75(66)115-35-15-12-21-58(98)79-29-18-32-82-61(101)26-38-112-47-78(88-64(104)24-10-8-6-4-5-7-9-11-25-65(105)89-42-54(97)41-53(89)43-90,48-113-39-27-62(102)83-33-19-30-80-59(99)22-13-16-36-116-76-67(86-51(2)95)73(110)70(107)56(45-92)119-76)49-114-40-28-63(103)84-34-20-31-81-60(100)23-14-17-37-117-77-68(87-52(3)96)74(111)71(108)57(46-93)120-77/h53-57,66-77,90-93,97,106-111H,4-49H2,1-3H3,(H,79,98)(H,80,99)(H,81,100)(H,82,101)(H,83,102)(H,84,103)(H,85,94)(H,86,95)(H,87,96)(H,88,104)/t53-,54+,55?,56?,57?,66?,67?,68?,69?,70?,71?,72?,73?,74?,75?,76?,77?,78?/m0/s1. The Morgan fingerprint density at radius 1 is 0.342 bits per heavy atom. The van der Waals surface area contributed by atoms with E-state index in [9.17, 15) is 109 Å². The Hall–Kier alpha value is -6.63. The highest BCUT2D eigenvalue weighted by atomic mass is 16.7. The molecule has 692 valence electrons. The Morgan fingerprint density at radius 2 is 0.625 bits per heavy atom. The maximum atomic E-state index is 14.0. The van der Waals surface area contributed by atoms with Crippen molar-refractivity contribution in [2.75, 3.05) is 132 Å². The Morgan fingerprint density at radius 3 is 0.925 bits per heavy atom. The fourth-order valence-corrected chi connectivity index (χ4v) is 13.8. The van der Waals surface area contributed by atoms with E-state index in [0.717, 1.165) is 38.5 Å². The lowest BCUT2D eigenvalue weighted by atomic mass is 9.97. The fourth-order valence-electron chi connectivity index (χ4n) is 13.8. The molecule has 0 aromatic carbocycles. The van der Waals surface area contributed by atoms with Gasteiger partial charge >= 0.3 is 0 Å². The number of hydrogen-bond donors (Lipinski definition) is 21. The molecule has 4 fully saturated rings. The number of β-amino-alcohol motifs (C(OH)–C–C–N with tert-alkyl or cyclic N) is 1. The van der Waals surface area contributed by atoms with Crippen LogP contribution in [0.1, 0.15) is 188 Å². The molecule has 0 spiro atoms. The van der Waals surface area contributed by atoms with E-state index in [1.54, 1.807) is 4.90 Å². The van der Waals surface area contributed by atoms with Crippen molar-refractivity contribution in [2.24, 2.45) is 0 Å². The molecule has 4 heterocycles. The Labute approximate surface area is 701 Å². The minimum atomic E-state index is -1.47. The second-order valence-electron chi connectivity index (χ2n) is 30.8. The normalized spacial score (nSPS) is 25.2. The van der Waals surface area contributed by atoms with Gasteiger partial charge in [-0.15, -0.1) is 0 Å². The van der Waals surface area contributed by atoms with Crippen molar-refractivity contribution in [3.63, 3.8) is 0 Å². The molecule has 120 heavy (non-hydrogen) atoms. The summed E-state index contributed by atoms with van der Waals surface area (Å²) in [6, 6.07) is -3.67. The van der Waals surface area contributed by atoms with Gasteiger partial charge in [0.25, 0.3) is 0 Å². The zero-order valence-electron chi connectivity index (χ0n) is 69.9. The first-order valence-electron chi connectivity index (χ1n) is 42.3. The van der Waals surface area contributed by atoms with Crippen molar-refractivity contribution in [2.45, 2.75) is 297 Å². The molecule has 4 aliphatic heterocycles. The lowest BCUT2D eigenvalue weighted by Gasteiger charge is -2.42. The molecular formula is C78H139N11O31. The summed E-state index contributed by atoms with van der Waals surface area (Å²) in [5, 5.41) is 138. The van der Waals surface area contributed by atoms with Crippen molar-refractivity contribution >= 4 is 65.0 Å². The van der Waals surface area contributed by atoms with Gasteiger partial charge in [-0.05, 0) is 77.0 Å². The van der Waals surface area contributed by atoms with Crippen LogP contribution in [0.15, 0.2) is 0 Å². The van der Waals surface area contributed by atoms with Crippen LogP contribution in [0.25, 0.3) is 0 Å². The molecule has 0 aliphatic carbocycles. The third-order valence-electron chi connectivity index (χ3n) is 20.4. The molecular weight excluding hydrogens is 1590 g/mol. The van der Waals surface area contributed by atoms with E-state index < -0.39 is 141 Å². The number of nitrogens with one attached hydrogen (secondary N) is 10. The van der Waals surface area contributed by atoms with Crippen LogP contribution >= 0.6 is 0 Å². The first-order chi connectivity index (χ1) is 57.5. The van der Waals surface area contributed by atoms with E-state index in [-0.39, 0.29) is 210 Å². The molecule has 0 radical (unpaired) electrons. The van der Waals surface area contributed by atoms with Crippen molar-refractivity contribution in [1.29, 1.82) is 0 Å². The van der Waals surface area contributed by atoms with E-state index in [1.165, 1.54) is 20.8 Å². The summed E-state index contributed by atoms with van der Waals surface area (Å²) in [5.41, 5.74) is -1.44. The number of unbranched alkanes of at least 4 members (excludes halogenated alkanes) is 10. The van der Waals surface area contributed by atoms with E-state index in [0.29, 0.717) is 83.5 Å². The third kappa shape index (κ3) is 42.2. The second kappa shape index (κ2) is 60.8. The smallest absolute Gasteiger partial charge is 0.222 e. The van der Waals surface area contributed by atoms with Crippen LogP contribution in [-0.4, -0.2) is 367 Å². The summed E-state index contributed by atoms with van der Waals surface area (Å²) >= 11 is 0. The molecule has 4 saturated heterocycles. The Kier molecular flexibility index (Phi) is 53.6. The zero-order chi connectivity index (χ0) is 88.2. The van der Waals surface area contributed by atoms with Crippen LogP contribution < -0.4 is 53.2 Å². The average molecular weight is 1730 g/mol. The minimum absolute atomic E-state index is 0.0720. The molecule has 15 unspecified atom stereocenters. The highest BCUT2D eigenvalue weighted by Gasteiger charge is 2.48. The highest BCUT2D eigenvalue weighted by Crippen LogP contribution is 2.27. The van der Waals surface area contributed by atoms with Gasteiger partial charge < -0.3 is 157 Å². The van der Waals surface area contributed by atoms with Crippen LogP contribution in [0.3, 0.4) is 0 Å². The summed E-state index contributed by atoms with van der Waals surface area (Å²) < 4.78 is 52.2. The summed E-state index contributed by atoms with van der Waals surface area (Å²) in [6.45, 7) is 2.27. The van der Waals surface area contributed by atoms with Gasteiger partial charge in [0.05, 0.1) is 78.2 Å². The Bertz CT molecular complexity index is 2750. The third-order valence-corrected chi connectivity index (χ3v) is 20.4. The van der Waals surface area contributed by atoms with Gasteiger partial charge in [-0.3, -0.25) is 52.7 Å². The van der Waals surface area contributed by atoms with E-state index in [4.69, 9.17) is 42.6 Å². The lowest BCUT2D eigenvalue weighted by Crippen LogP contribution is -2.64. The van der Waals surface area contributed by atoms with Gasteiger partial charge in [-0.2, -0.15) is 0 Å². The number of ether oxygens (including phenoxy) is 9. The van der Waals surface area contributed by atoms with E-state index in [1.807, 2.05) is 0 Å². The summed E-state index contributed by atoms with van der Waals surface area (Å²) in [6.07, 6.45) is -5.72. The predicted octanol–water partition coefficient (Wildman–Crippen LogP) is -5.82. The molecule has 0 aromatic heterocycles. The molecule has 42 heteroatoms. The zero-order valence-corrected chi connectivity index (χ0v) is 69.9. The SMILES string of the molecule is CC(=O)NC1C(OCCCCC(=O)NCCCNC(=O)CCOCC(COCCC(=O)NCCCNC(=O)CCCCOC2OC(CO)C(O)C(O)C2NC(C)=O)(COCCC(=O)NCCCNC(=O)CCCCOC2OC(CO)C(O)C(O)C2NC(C)=O)NC(=O)CCCCCCCCCCC(=O)N2C[C@H](O)C[C@H]2CO)OC(CO)C(O)C1O. The largest absolute Gasteiger partial charge is 0.394 e. The summed E-state index contributed by atoms with van der Waals surface area (Å²) in [5.74, 6) is -3.86. The lowest BCUT2D eigenvalue weighted by molar-refractivity contribution is -0.270. The van der Waals surface area contributed by atoms with Crippen LogP contribution in [0.4, 0.5) is 0 Å². The molecule has 0 saturated carbocycles. The molecule has 0 aromatic rings. The predicted molar refractivity (Wildman–Crippen MR) is 424 cm³/mol. The first-order valence-corrected chi connectivity index (χ1v) is 42.3. The number of amides is 11. The van der Waals surface area contributed by atoms with Gasteiger partial charge in [-0.1, -0.05) is 38.5 Å². The van der Waals surface area contributed by atoms with Gasteiger partial charge in [0, 0.05) is 138 Å². The van der Waals surface area contributed by atoms with Crippen molar-refractivity contribution in [1.82, 2.24) is 58.1 Å². The van der Waals surface area contributed by atoms with Crippen LogP contribution in [0, 0.1) is 0 Å². The quantitative estimate of drug-likeness (QED) is 0.0252. The molecule has 0 bridgehead atoms. The van der Waals surface area contributed by atoms with Crippen molar-refractivity contribution in [3.05, 3.63) is 0 Å². The average Bonchev–Trinajstić information content (AvgIpc) is 0.999. The van der Waals surface area contributed by atoms with Crippen LogP contribution in [0.2, 0.25) is 0 Å². The molecule has 4 rings (SSSR count). The minimum Gasteiger partial charge on any atom is -0.394 e. The summed E-state index contributed by atoms with van der Waals surface area (Å²) in [7, 11) is 0. The van der Waals surface area contributed by atoms with Gasteiger partial charge in [0.2, 0.25) is 65.0 Å². The Balaban J connectivity index is 1.30. The molecule has 17 atom stereocenters. The summed E-state index contributed by atoms with van der Waals surface area (Å²) in [4.78, 5) is 141. The number of carbonyl (C=O) groups excluding carboxylic acids is 11. The number of aliphatic hydroxyl groups excluding tert-OH is 11. The van der Waals surface area contributed by atoms with Gasteiger partial charge in [0.1, 0.15) is 78.6 Å². The van der Waals surface area contributed by atoms with E-state index >= 15 is 0 Å². The maximum absolute atomic E-state index is 14.0. The molecule has 11 amide bonds.